The van der Waals surface area contributed by atoms with E-state index in [4.69, 9.17) is 0 Å². The largest absolute Gasteiger partial charge is 0.258 e. The van der Waals surface area contributed by atoms with E-state index >= 15 is 0 Å². The molecule has 0 atom stereocenters. The molecule has 0 saturated carbocycles. The van der Waals surface area contributed by atoms with Crippen LogP contribution in [0.15, 0.2) is 11.6 Å². The number of hydrogen-bond acceptors (Lipinski definition) is 2. The first kappa shape index (κ1) is 7.76. The van der Waals surface area contributed by atoms with Crippen LogP contribution in [-0.4, -0.2) is 25.1 Å². The van der Waals surface area contributed by atoms with Gasteiger partial charge in [0.05, 0.1) is 0 Å². The summed E-state index contributed by atoms with van der Waals surface area (Å²) in [4.78, 5) is 0. The first-order valence-corrected chi connectivity index (χ1v) is 3.97. The number of nitrogens with zero attached hydrogens (tertiary/aromatic N) is 1. The van der Waals surface area contributed by atoms with Crippen LogP contribution >= 0.6 is 0 Å². The molecule has 0 amide bonds. The molecule has 0 spiro atoms. The third kappa shape index (κ3) is 1.82. The van der Waals surface area contributed by atoms with Gasteiger partial charge in [0.2, 0.25) is 0 Å². The van der Waals surface area contributed by atoms with Crippen molar-refractivity contribution in [2.75, 3.05) is 20.1 Å². The van der Waals surface area contributed by atoms with E-state index in [1.807, 2.05) is 7.05 Å². The fraction of sp³-hybridized carbons (Fsp3) is 0.750. The van der Waals surface area contributed by atoms with Crippen molar-refractivity contribution >= 4 is 0 Å². The number of hydrogen-bond donors (Lipinski definition) is 1. The molecule has 1 aliphatic rings. The second-order valence-electron chi connectivity index (χ2n) is 2.64. The highest BCUT2D eigenvalue weighted by Crippen LogP contribution is 2.11. The van der Waals surface area contributed by atoms with E-state index in [9.17, 15) is 0 Å². The zero-order chi connectivity index (χ0) is 7.40. The smallest absolute Gasteiger partial charge is 0.0314 e. The molecule has 0 aromatic rings. The Labute approximate surface area is 62.9 Å². The maximum atomic E-state index is 3.14. The molecule has 1 heterocycles. The predicted molar refractivity (Wildman–Crippen MR) is 43.6 cm³/mol. The van der Waals surface area contributed by atoms with Gasteiger partial charge in [0.1, 0.15) is 0 Å². The van der Waals surface area contributed by atoms with Crippen molar-refractivity contribution in [2.24, 2.45) is 0 Å². The van der Waals surface area contributed by atoms with Gasteiger partial charge in [-0.3, -0.25) is 5.43 Å². The van der Waals surface area contributed by atoms with E-state index in [1.165, 1.54) is 12.8 Å². The number of rotatable bonds is 2. The Bertz CT molecular complexity index is 129. The lowest BCUT2D eigenvalue weighted by atomic mass is 10.1. The van der Waals surface area contributed by atoms with Crippen LogP contribution in [0.1, 0.15) is 19.8 Å². The summed E-state index contributed by atoms with van der Waals surface area (Å²) >= 11 is 0. The van der Waals surface area contributed by atoms with Gasteiger partial charge in [0, 0.05) is 13.1 Å². The Morgan fingerprint density at radius 2 is 2.50 bits per heavy atom. The molecular formula is C8H16N2. The Morgan fingerprint density at radius 1 is 1.70 bits per heavy atom. The monoisotopic (exact) mass is 140 g/mol. The molecule has 0 radical (unpaired) electrons. The van der Waals surface area contributed by atoms with Gasteiger partial charge in [-0.1, -0.05) is 18.6 Å². The van der Waals surface area contributed by atoms with Crippen molar-refractivity contribution in [3.8, 4) is 0 Å². The Kier molecular flexibility index (Phi) is 2.90. The summed E-state index contributed by atoms with van der Waals surface area (Å²) in [5.41, 5.74) is 4.74. The van der Waals surface area contributed by atoms with Crippen molar-refractivity contribution < 1.29 is 0 Å². The van der Waals surface area contributed by atoms with Gasteiger partial charge >= 0.3 is 0 Å². The van der Waals surface area contributed by atoms with E-state index in [2.05, 4.69) is 23.4 Å². The summed E-state index contributed by atoms with van der Waals surface area (Å²) in [6.45, 7) is 4.46. The molecule has 0 aromatic carbocycles. The highest BCUT2D eigenvalue weighted by Gasteiger charge is 2.06. The molecular weight excluding hydrogens is 124 g/mol. The lowest BCUT2D eigenvalue weighted by Gasteiger charge is -2.24. The summed E-state index contributed by atoms with van der Waals surface area (Å²) in [6, 6.07) is 0. The fourth-order valence-electron chi connectivity index (χ4n) is 1.24. The summed E-state index contributed by atoms with van der Waals surface area (Å²) in [7, 11) is 1.98. The van der Waals surface area contributed by atoms with E-state index in [-0.39, 0.29) is 0 Å². The van der Waals surface area contributed by atoms with E-state index in [0.29, 0.717) is 0 Å². The topological polar surface area (TPSA) is 15.3 Å². The van der Waals surface area contributed by atoms with Crippen LogP contribution < -0.4 is 5.43 Å². The van der Waals surface area contributed by atoms with E-state index < -0.39 is 0 Å². The highest BCUT2D eigenvalue weighted by molar-refractivity contribution is 5.05. The highest BCUT2D eigenvalue weighted by atomic mass is 15.5. The zero-order valence-corrected chi connectivity index (χ0v) is 6.85. The summed E-state index contributed by atoms with van der Waals surface area (Å²) in [6.07, 6.45) is 4.77. The average Bonchev–Trinajstić information content (AvgIpc) is 2.05. The standard InChI is InChI=1S/C8H16N2/c1-3-8-4-6-10(9-2)7-5-8/h4,9H,3,5-7H2,1-2H3. The predicted octanol–water partition coefficient (Wildman–Crippen LogP) is 1.16. The SMILES string of the molecule is CCC1=CCN(NC)CC1. The minimum atomic E-state index is 1.07. The minimum absolute atomic E-state index is 1.07. The van der Waals surface area contributed by atoms with Crippen molar-refractivity contribution in [2.45, 2.75) is 19.8 Å². The Hall–Kier alpha value is -0.340. The quantitative estimate of drug-likeness (QED) is 0.579. The molecule has 1 N–H and O–H groups in total. The first-order valence-electron chi connectivity index (χ1n) is 3.97. The van der Waals surface area contributed by atoms with Crippen LogP contribution in [0.4, 0.5) is 0 Å². The Balaban J connectivity index is 2.36. The molecule has 0 aliphatic carbocycles. The van der Waals surface area contributed by atoms with Crippen molar-refractivity contribution in [3.05, 3.63) is 11.6 Å². The van der Waals surface area contributed by atoms with E-state index in [1.54, 1.807) is 5.57 Å². The van der Waals surface area contributed by atoms with Crippen LogP contribution in [-0.2, 0) is 0 Å². The van der Waals surface area contributed by atoms with Crippen LogP contribution in [0.5, 0.6) is 0 Å². The third-order valence-corrected chi connectivity index (χ3v) is 2.07. The van der Waals surface area contributed by atoms with Crippen LogP contribution in [0, 0.1) is 0 Å². The van der Waals surface area contributed by atoms with Gasteiger partial charge in [-0.15, -0.1) is 0 Å². The van der Waals surface area contributed by atoms with Gasteiger partial charge in [0.15, 0.2) is 0 Å². The lowest BCUT2D eigenvalue weighted by Crippen LogP contribution is -2.38. The second kappa shape index (κ2) is 3.74. The van der Waals surface area contributed by atoms with Crippen LogP contribution in [0.3, 0.4) is 0 Å². The fourth-order valence-corrected chi connectivity index (χ4v) is 1.24. The molecule has 0 unspecified atom stereocenters. The maximum Gasteiger partial charge on any atom is 0.0314 e. The normalized spacial score (nSPS) is 20.8. The van der Waals surface area contributed by atoms with Gasteiger partial charge in [0.25, 0.3) is 0 Å². The van der Waals surface area contributed by atoms with Crippen molar-refractivity contribution in [1.82, 2.24) is 10.4 Å². The molecule has 0 bridgehead atoms. The van der Waals surface area contributed by atoms with E-state index in [0.717, 1.165) is 13.1 Å². The number of hydrazine groups is 1. The molecule has 0 saturated heterocycles. The van der Waals surface area contributed by atoms with Crippen LogP contribution in [0.25, 0.3) is 0 Å². The average molecular weight is 140 g/mol. The van der Waals surface area contributed by atoms with Gasteiger partial charge in [-0.05, 0) is 19.9 Å². The van der Waals surface area contributed by atoms with Gasteiger partial charge in [-0.25, -0.2) is 5.01 Å². The molecule has 58 valence electrons. The third-order valence-electron chi connectivity index (χ3n) is 2.07. The summed E-state index contributed by atoms with van der Waals surface area (Å²) in [5.74, 6) is 0. The molecule has 1 rings (SSSR count). The summed E-state index contributed by atoms with van der Waals surface area (Å²) < 4.78 is 0. The molecule has 2 heteroatoms. The second-order valence-corrected chi connectivity index (χ2v) is 2.64. The van der Waals surface area contributed by atoms with Gasteiger partial charge in [-0.2, -0.15) is 0 Å². The molecule has 2 nitrogen and oxygen atoms in total. The first-order chi connectivity index (χ1) is 4.86. The summed E-state index contributed by atoms with van der Waals surface area (Å²) in [5, 5.41) is 2.22. The molecule has 10 heavy (non-hydrogen) atoms. The van der Waals surface area contributed by atoms with Crippen molar-refractivity contribution in [3.63, 3.8) is 0 Å². The van der Waals surface area contributed by atoms with Crippen molar-refractivity contribution in [1.29, 1.82) is 0 Å². The molecule has 1 aliphatic heterocycles. The minimum Gasteiger partial charge on any atom is -0.258 e. The number of nitrogens with one attached hydrogen (secondary N) is 1. The molecule has 0 aromatic heterocycles. The molecule has 0 fully saturated rings. The Morgan fingerprint density at radius 3 is 2.90 bits per heavy atom. The maximum absolute atomic E-state index is 3.14. The van der Waals surface area contributed by atoms with Crippen LogP contribution in [0.2, 0.25) is 0 Å². The van der Waals surface area contributed by atoms with Gasteiger partial charge < -0.3 is 0 Å². The zero-order valence-electron chi connectivity index (χ0n) is 6.85. The lowest BCUT2D eigenvalue weighted by molar-refractivity contribution is 0.224.